The molecule has 24 heteroatoms. The van der Waals surface area contributed by atoms with Crippen LogP contribution < -0.4 is 10.5 Å². The second kappa shape index (κ2) is 41.4. The standard InChI is InChI=1S/C56H84F4N6O13S/c1-5-13-66(41-43-10-11-45(62-40-43)42-64(2)3)56(68)44-36-50-49(63-51(61)37-44)38-46(80-50)9-7-6-8-14-65(4)15-17-70-19-21-72-23-25-74-27-29-76-31-33-78-35-34-77-32-30-75-28-26-73-24-22-71-20-18-69-16-12-52(67)79-55-53(59)47(57)39-48(58)54(55)60/h10-11,36,38-40H,5-9,12-35,37,41-42H2,1-4H3,(H2,61,63). The van der Waals surface area contributed by atoms with Crippen molar-refractivity contribution < 1.29 is 79.3 Å². The number of benzene rings is 1. The lowest BCUT2D eigenvalue weighted by molar-refractivity contribution is -0.136. The number of amidine groups is 1. The molecule has 3 aromatic rings. The molecule has 450 valence electrons. The molecule has 3 heterocycles. The highest BCUT2D eigenvalue weighted by molar-refractivity contribution is 7.13. The molecule has 0 unspecified atom stereocenters. The average molecular weight is 1160 g/mol. The number of likely N-dealkylation sites (N-methyl/N-ethyl adjacent to an activating group) is 1. The Morgan fingerprint density at radius 3 is 1.62 bits per heavy atom. The maximum Gasteiger partial charge on any atom is 0.313 e. The zero-order chi connectivity index (χ0) is 57.6. The summed E-state index contributed by atoms with van der Waals surface area (Å²) < 4.78 is 113. The Bertz CT molecular complexity index is 2240. The summed E-state index contributed by atoms with van der Waals surface area (Å²) >= 11 is 1.70. The third-order valence-electron chi connectivity index (χ3n) is 11.7. The predicted molar refractivity (Wildman–Crippen MR) is 295 cm³/mol. The third kappa shape index (κ3) is 28.9. The maximum absolute atomic E-state index is 13.9. The minimum Gasteiger partial charge on any atom is -0.420 e. The first-order valence-corrected chi connectivity index (χ1v) is 28.2. The second-order valence-electron chi connectivity index (χ2n) is 18.8. The molecular formula is C56H84F4N6O13S. The molecule has 1 aliphatic rings. The lowest BCUT2D eigenvalue weighted by Gasteiger charge is -2.23. The molecule has 4 rings (SSSR count). The molecule has 0 atom stereocenters. The molecule has 0 radical (unpaired) electrons. The predicted octanol–water partition coefficient (Wildman–Crippen LogP) is 6.78. The van der Waals surface area contributed by atoms with Crippen molar-refractivity contribution >= 4 is 40.8 Å². The van der Waals surface area contributed by atoms with Gasteiger partial charge in [0.15, 0.2) is 11.6 Å². The van der Waals surface area contributed by atoms with Crippen LogP contribution in [0.2, 0.25) is 0 Å². The Balaban J connectivity index is 0.850. The Morgan fingerprint density at radius 1 is 0.625 bits per heavy atom. The number of aryl methyl sites for hydroxylation is 1. The number of hydrogen-bond donors (Lipinski definition) is 1. The van der Waals surface area contributed by atoms with E-state index in [1.807, 2.05) is 37.3 Å². The highest BCUT2D eigenvalue weighted by Gasteiger charge is 2.24. The summed E-state index contributed by atoms with van der Waals surface area (Å²) in [4.78, 5) is 43.4. The number of aromatic nitrogens is 1. The van der Waals surface area contributed by atoms with Gasteiger partial charge in [-0.15, -0.1) is 11.3 Å². The lowest BCUT2D eigenvalue weighted by atomic mass is 10.1. The van der Waals surface area contributed by atoms with Crippen LogP contribution in [-0.2, 0) is 76.5 Å². The number of pyridine rings is 1. The van der Waals surface area contributed by atoms with Gasteiger partial charge in [-0.1, -0.05) is 19.4 Å². The van der Waals surface area contributed by atoms with Crippen LogP contribution in [-0.4, -0.2) is 210 Å². The van der Waals surface area contributed by atoms with Crippen molar-refractivity contribution in [3.05, 3.63) is 80.3 Å². The van der Waals surface area contributed by atoms with Crippen LogP contribution in [0.1, 0.15) is 66.5 Å². The number of nitrogens with two attached hydrogens (primary N) is 1. The van der Waals surface area contributed by atoms with Crippen molar-refractivity contribution in [1.82, 2.24) is 19.7 Å². The fourth-order valence-electron chi connectivity index (χ4n) is 7.64. The molecular weight excluding hydrogens is 1070 g/mol. The molecule has 0 saturated carbocycles. The van der Waals surface area contributed by atoms with Crippen molar-refractivity contribution in [3.63, 3.8) is 0 Å². The van der Waals surface area contributed by atoms with Gasteiger partial charge in [-0.3, -0.25) is 14.6 Å². The SMILES string of the molecule is CCCN(Cc1ccc(CN(C)C)nc1)C(=O)C1=Cc2sc(CCCCCN(C)CCOCCOCCOCCOCCOCCOCCOCCOCCOCCOCCC(=O)Oc3c(F)c(F)cc(F)c3F)cc2N=C(N)C1. The van der Waals surface area contributed by atoms with E-state index >= 15 is 0 Å². The molecule has 1 aliphatic heterocycles. The normalized spacial score (nSPS) is 12.5. The van der Waals surface area contributed by atoms with E-state index in [1.54, 1.807) is 11.3 Å². The number of halogens is 4. The van der Waals surface area contributed by atoms with Gasteiger partial charge in [0.05, 0.1) is 155 Å². The van der Waals surface area contributed by atoms with E-state index in [-0.39, 0.29) is 31.8 Å². The number of esters is 1. The van der Waals surface area contributed by atoms with E-state index in [1.165, 1.54) is 4.88 Å². The molecule has 0 fully saturated rings. The van der Waals surface area contributed by atoms with Gasteiger partial charge in [-0.25, -0.2) is 13.8 Å². The van der Waals surface area contributed by atoms with Gasteiger partial charge in [0.25, 0.3) is 5.91 Å². The molecule has 19 nitrogen and oxygen atoms in total. The second-order valence-corrected chi connectivity index (χ2v) is 20.0. The fraction of sp³-hybridized carbons (Fsp3) is 0.643. The number of rotatable bonds is 47. The molecule has 1 amide bonds. The Kier molecular flexibility index (Phi) is 35.2. The van der Waals surface area contributed by atoms with Crippen molar-refractivity contribution in [2.75, 3.05) is 173 Å². The number of aliphatic imine (C=N–C) groups is 1. The van der Waals surface area contributed by atoms with E-state index in [4.69, 9.17) is 58.1 Å². The quantitative estimate of drug-likeness (QED) is 0.0204. The summed E-state index contributed by atoms with van der Waals surface area (Å²) in [5.41, 5.74) is 9.87. The first-order chi connectivity index (χ1) is 38.8. The number of fused-ring (bicyclic) bond motifs is 1. The summed E-state index contributed by atoms with van der Waals surface area (Å²) in [7, 11) is 6.15. The number of ether oxygens (including phenoxy) is 11. The number of thiophene rings is 1. The number of unbranched alkanes of at least 4 members (excludes halogenated alkanes) is 2. The summed E-state index contributed by atoms with van der Waals surface area (Å²) in [6, 6.07) is 6.23. The molecule has 2 aromatic heterocycles. The number of carbonyl (C=O) groups is 2. The number of nitrogens with zero attached hydrogens (tertiary/aromatic N) is 5. The largest absolute Gasteiger partial charge is 0.420 e. The van der Waals surface area contributed by atoms with Crippen molar-refractivity contribution in [3.8, 4) is 5.75 Å². The Labute approximate surface area is 472 Å². The van der Waals surface area contributed by atoms with Gasteiger partial charge in [0, 0.05) is 55.3 Å². The van der Waals surface area contributed by atoms with Gasteiger partial charge in [0.2, 0.25) is 17.4 Å². The Morgan fingerprint density at radius 2 is 1.14 bits per heavy atom. The summed E-state index contributed by atoms with van der Waals surface area (Å²) in [5.74, 6) is -9.05. The smallest absolute Gasteiger partial charge is 0.313 e. The van der Waals surface area contributed by atoms with Gasteiger partial charge in [0.1, 0.15) is 5.84 Å². The number of amides is 1. The van der Waals surface area contributed by atoms with Crippen LogP contribution in [0.15, 0.2) is 41.0 Å². The summed E-state index contributed by atoms with van der Waals surface area (Å²) in [6.07, 6.45) is 8.88. The molecule has 0 aliphatic carbocycles. The van der Waals surface area contributed by atoms with Crippen LogP contribution >= 0.6 is 11.3 Å². The highest BCUT2D eigenvalue weighted by Crippen LogP contribution is 2.36. The molecule has 0 saturated heterocycles. The minimum absolute atomic E-state index is 0.00946. The van der Waals surface area contributed by atoms with Crippen LogP contribution in [0.25, 0.3) is 6.08 Å². The monoisotopic (exact) mass is 1160 g/mol. The number of hydrogen-bond acceptors (Lipinski definition) is 19. The zero-order valence-corrected chi connectivity index (χ0v) is 47.9. The summed E-state index contributed by atoms with van der Waals surface area (Å²) in [6.45, 7) is 13.5. The van der Waals surface area contributed by atoms with E-state index in [2.05, 4.69) is 45.6 Å². The van der Waals surface area contributed by atoms with Crippen molar-refractivity contribution in [2.45, 2.75) is 65.0 Å². The van der Waals surface area contributed by atoms with Crippen molar-refractivity contribution in [1.29, 1.82) is 0 Å². The summed E-state index contributed by atoms with van der Waals surface area (Å²) in [5, 5.41) is 0. The van der Waals surface area contributed by atoms with Crippen LogP contribution in [0.4, 0.5) is 23.2 Å². The van der Waals surface area contributed by atoms with Gasteiger partial charge >= 0.3 is 5.97 Å². The maximum atomic E-state index is 13.9. The van der Waals surface area contributed by atoms with Gasteiger partial charge < -0.3 is 72.5 Å². The first kappa shape index (κ1) is 68.0. The first-order valence-electron chi connectivity index (χ1n) is 27.4. The number of carbonyl (C=O) groups excluding carboxylic acids is 2. The topological polar surface area (TPSA) is 197 Å². The van der Waals surface area contributed by atoms with Gasteiger partial charge in [-0.2, -0.15) is 8.78 Å². The van der Waals surface area contributed by atoms with Crippen LogP contribution in [0.5, 0.6) is 5.75 Å². The zero-order valence-electron chi connectivity index (χ0n) is 47.1. The third-order valence-corrected chi connectivity index (χ3v) is 12.8. The van der Waals surface area contributed by atoms with Gasteiger partial charge in [-0.05, 0) is 77.1 Å². The van der Waals surface area contributed by atoms with E-state index in [0.29, 0.717) is 143 Å². The highest BCUT2D eigenvalue weighted by atomic mass is 32.1. The molecule has 1 aromatic carbocycles. The molecule has 80 heavy (non-hydrogen) atoms. The Hall–Kier alpha value is -4.54. The minimum atomic E-state index is -1.80. The van der Waals surface area contributed by atoms with E-state index in [9.17, 15) is 27.2 Å². The molecule has 0 bridgehead atoms. The van der Waals surface area contributed by atoms with E-state index < -0.39 is 41.4 Å². The fourth-order valence-corrected chi connectivity index (χ4v) is 8.75. The molecule has 2 N–H and O–H groups in total. The lowest BCUT2D eigenvalue weighted by Crippen LogP contribution is -2.33. The molecule has 0 spiro atoms. The van der Waals surface area contributed by atoms with Crippen molar-refractivity contribution in [2.24, 2.45) is 10.7 Å². The average Bonchev–Trinajstić information content (AvgIpc) is 3.73. The van der Waals surface area contributed by atoms with Crippen LogP contribution in [0, 0.1) is 23.3 Å². The van der Waals surface area contributed by atoms with E-state index in [0.717, 1.165) is 73.6 Å². The van der Waals surface area contributed by atoms with Crippen LogP contribution in [0.3, 0.4) is 0 Å².